The predicted molar refractivity (Wildman–Crippen MR) is 127 cm³/mol. The molecule has 0 spiro atoms. The van der Waals surface area contributed by atoms with Crippen molar-refractivity contribution in [3.05, 3.63) is 64.5 Å². The van der Waals surface area contributed by atoms with Crippen LogP contribution in [0.15, 0.2) is 42.0 Å². The summed E-state index contributed by atoms with van der Waals surface area (Å²) in [6.07, 6.45) is 2.89. The Morgan fingerprint density at radius 1 is 1.06 bits per heavy atom. The Labute approximate surface area is 190 Å². The highest BCUT2D eigenvalue weighted by Gasteiger charge is 2.58. The van der Waals surface area contributed by atoms with E-state index in [0.29, 0.717) is 18.0 Å². The number of nitrogens with zero attached hydrogens (tertiary/aromatic N) is 3. The smallest absolute Gasteiger partial charge is 0.493 e. The third-order valence-corrected chi connectivity index (χ3v) is 6.82. The van der Waals surface area contributed by atoms with Gasteiger partial charge in [-0.3, -0.25) is 0 Å². The van der Waals surface area contributed by atoms with Gasteiger partial charge in [-0.05, 0) is 61.4 Å². The van der Waals surface area contributed by atoms with E-state index in [1.54, 1.807) is 13.8 Å². The quantitative estimate of drug-likeness (QED) is 0.359. The monoisotopic (exact) mass is 442 g/mol. The van der Waals surface area contributed by atoms with Gasteiger partial charge in [0.05, 0.1) is 40.2 Å². The van der Waals surface area contributed by atoms with Crippen LogP contribution < -0.4 is 4.74 Å². The highest BCUT2D eigenvalue weighted by Crippen LogP contribution is 2.45. The number of fused-ring (bicyclic) bond motifs is 2. The molecule has 7 heteroatoms. The second kappa shape index (κ2) is 7.87. The second-order valence-electron chi connectivity index (χ2n) is 10.5. The van der Waals surface area contributed by atoms with E-state index in [2.05, 4.69) is 21.1 Å². The fourth-order valence-corrected chi connectivity index (χ4v) is 5.55. The van der Waals surface area contributed by atoms with Crippen molar-refractivity contribution in [2.24, 2.45) is 0 Å². The number of aromatic nitrogens is 1. The molecule has 4 nitrogen and oxygen atoms in total. The van der Waals surface area contributed by atoms with Crippen molar-refractivity contribution in [2.45, 2.75) is 46.1 Å². The third kappa shape index (κ3) is 3.81. The molecule has 2 unspecified atom stereocenters. The Kier molecular flexibility index (Phi) is 5.60. The first kappa shape index (κ1) is 22.8. The summed E-state index contributed by atoms with van der Waals surface area (Å²) in [5.74, 6) is 0.660. The number of benzene rings is 1. The molecule has 1 aromatic heterocycles. The van der Waals surface area contributed by atoms with Crippen LogP contribution in [0.3, 0.4) is 0 Å². The molecule has 2 aliphatic rings. The summed E-state index contributed by atoms with van der Waals surface area (Å²) < 4.78 is 41.0. The van der Waals surface area contributed by atoms with Crippen LogP contribution in [0.5, 0.6) is 5.75 Å². The molecule has 0 bridgehead atoms. The zero-order valence-corrected chi connectivity index (χ0v) is 20.3. The maximum Gasteiger partial charge on any atom is 0.732 e. The molecular weight excluding hydrogens is 407 g/mol. The minimum atomic E-state index is -3.89. The van der Waals surface area contributed by atoms with Gasteiger partial charge in [0.2, 0.25) is 0 Å². The average molecular weight is 442 g/mol. The lowest BCUT2D eigenvalue weighted by atomic mass is 9.75. The SMILES string of the molecule is CC1=CC(C)=[N+]2C1C(c1ccc(OCCC[N+](C)(C)C)cc1)c1c(C)cc(C)n1[B-]2(F)F. The van der Waals surface area contributed by atoms with Crippen molar-refractivity contribution in [1.29, 1.82) is 0 Å². The molecule has 4 rings (SSSR count). The lowest BCUT2D eigenvalue weighted by molar-refractivity contribution is -0.870. The molecule has 0 saturated heterocycles. The van der Waals surface area contributed by atoms with Crippen LogP contribution in [0.2, 0.25) is 0 Å². The number of halogens is 2. The molecule has 0 N–H and O–H groups in total. The van der Waals surface area contributed by atoms with Crippen LogP contribution in [0.25, 0.3) is 0 Å². The Morgan fingerprint density at radius 2 is 1.72 bits per heavy atom. The molecule has 0 radical (unpaired) electrons. The second-order valence-corrected chi connectivity index (χ2v) is 10.5. The molecule has 172 valence electrons. The number of quaternary nitrogens is 1. The topological polar surface area (TPSA) is 17.2 Å². The number of ether oxygens (including phenoxy) is 1. The highest BCUT2D eigenvalue weighted by atomic mass is 19.2. The van der Waals surface area contributed by atoms with Crippen molar-refractivity contribution in [2.75, 3.05) is 34.3 Å². The average Bonchev–Trinajstić information content (AvgIpc) is 3.16. The number of hydrogen-bond acceptors (Lipinski definition) is 1. The lowest BCUT2D eigenvalue weighted by Crippen LogP contribution is -2.58. The number of rotatable bonds is 6. The van der Waals surface area contributed by atoms with Crippen LogP contribution in [-0.4, -0.2) is 66.5 Å². The largest absolute Gasteiger partial charge is 0.732 e. The third-order valence-electron chi connectivity index (χ3n) is 6.82. The molecule has 0 saturated carbocycles. The molecular formula is C25H35BF2N3O+. The van der Waals surface area contributed by atoms with Gasteiger partial charge in [-0.15, -0.1) is 0 Å². The predicted octanol–water partition coefficient (Wildman–Crippen LogP) is 4.75. The number of allylic oxidation sites excluding steroid dienone is 1. The van der Waals surface area contributed by atoms with E-state index in [4.69, 9.17) is 4.74 Å². The van der Waals surface area contributed by atoms with E-state index in [9.17, 15) is 0 Å². The van der Waals surface area contributed by atoms with E-state index < -0.39 is 6.97 Å². The summed E-state index contributed by atoms with van der Waals surface area (Å²) >= 11 is 0. The molecule has 1 aromatic carbocycles. The summed E-state index contributed by atoms with van der Waals surface area (Å²) in [4.78, 5) is 0. The first-order chi connectivity index (χ1) is 14.9. The Bertz CT molecular complexity index is 1090. The van der Waals surface area contributed by atoms with E-state index in [-0.39, 0.29) is 12.0 Å². The summed E-state index contributed by atoms with van der Waals surface area (Å²) in [7, 11) is 6.52. The normalized spacial score (nSPS) is 22.0. The zero-order valence-electron chi connectivity index (χ0n) is 20.3. The fourth-order valence-electron chi connectivity index (χ4n) is 5.55. The van der Waals surface area contributed by atoms with E-state index >= 15 is 8.63 Å². The van der Waals surface area contributed by atoms with Crippen molar-refractivity contribution < 1.29 is 22.3 Å². The van der Waals surface area contributed by atoms with E-state index in [1.165, 1.54) is 8.96 Å². The van der Waals surface area contributed by atoms with Crippen LogP contribution >= 0.6 is 0 Å². The molecule has 32 heavy (non-hydrogen) atoms. The van der Waals surface area contributed by atoms with Gasteiger partial charge in [0, 0.05) is 25.1 Å². The summed E-state index contributed by atoms with van der Waals surface area (Å²) in [6, 6.07) is 9.55. The summed E-state index contributed by atoms with van der Waals surface area (Å²) in [5.41, 5.74) is 4.92. The van der Waals surface area contributed by atoms with Gasteiger partial charge in [0.25, 0.3) is 0 Å². The first-order valence-corrected chi connectivity index (χ1v) is 11.5. The van der Waals surface area contributed by atoms with Gasteiger partial charge < -0.3 is 26.8 Å². The first-order valence-electron chi connectivity index (χ1n) is 11.5. The summed E-state index contributed by atoms with van der Waals surface area (Å²) in [5, 5.41) is 0. The van der Waals surface area contributed by atoms with Gasteiger partial charge in [-0.1, -0.05) is 12.1 Å². The van der Waals surface area contributed by atoms with Crippen LogP contribution in [0, 0.1) is 13.8 Å². The van der Waals surface area contributed by atoms with Crippen LogP contribution in [-0.2, 0) is 0 Å². The maximum atomic E-state index is 15.7. The summed E-state index contributed by atoms with van der Waals surface area (Å²) in [6.45, 7) is 5.32. The Hall–Kier alpha value is -2.41. The molecule has 2 aliphatic heterocycles. The highest BCUT2D eigenvalue weighted by molar-refractivity contribution is 6.57. The Morgan fingerprint density at radius 3 is 2.34 bits per heavy atom. The zero-order chi connectivity index (χ0) is 23.4. The standard InChI is InChI=1S/C25H35BF2N3O/c1-17-15-19(3)29-24(17)23(25-18(2)16-20(4)30(25)26(29,27)28)21-9-11-22(12-10-21)32-14-8-13-31(5,6)7/h9-12,15-16,23-24H,8,13-14H2,1-7H3/q+1. The van der Waals surface area contributed by atoms with Gasteiger partial charge in [0.1, 0.15) is 17.5 Å². The van der Waals surface area contributed by atoms with Crippen molar-refractivity contribution >= 4 is 12.7 Å². The van der Waals surface area contributed by atoms with Gasteiger partial charge in [-0.2, -0.15) is 0 Å². The number of hydrogen-bond donors (Lipinski definition) is 0. The van der Waals surface area contributed by atoms with Crippen molar-refractivity contribution in [3.63, 3.8) is 0 Å². The van der Waals surface area contributed by atoms with Crippen LogP contribution in [0.1, 0.15) is 48.7 Å². The fraction of sp³-hybridized carbons (Fsp3) is 0.480. The maximum absolute atomic E-state index is 15.7. The van der Waals surface area contributed by atoms with E-state index in [1.807, 2.05) is 50.3 Å². The number of aryl methyl sites for hydroxylation is 2. The molecule has 2 aromatic rings. The van der Waals surface area contributed by atoms with Gasteiger partial charge >= 0.3 is 6.97 Å². The molecule has 3 heterocycles. The van der Waals surface area contributed by atoms with Crippen molar-refractivity contribution in [3.8, 4) is 5.75 Å². The minimum absolute atomic E-state index is 0.161. The van der Waals surface area contributed by atoms with Gasteiger partial charge in [-0.25, -0.2) is 0 Å². The molecule has 0 amide bonds. The molecule has 2 atom stereocenters. The van der Waals surface area contributed by atoms with E-state index in [0.717, 1.165) is 45.6 Å². The molecule has 0 fully saturated rings. The van der Waals surface area contributed by atoms with Gasteiger partial charge in [0.15, 0.2) is 0 Å². The lowest BCUT2D eigenvalue weighted by Gasteiger charge is -2.41. The Balaban J connectivity index is 1.68. The van der Waals surface area contributed by atoms with Crippen LogP contribution in [0.4, 0.5) is 8.63 Å². The molecule has 0 aliphatic carbocycles. The van der Waals surface area contributed by atoms with Crippen molar-refractivity contribution in [1.82, 2.24) is 4.48 Å². The minimum Gasteiger partial charge on any atom is -0.493 e.